The number of benzene rings is 2. The van der Waals surface area contributed by atoms with Crippen molar-refractivity contribution < 1.29 is 18.6 Å². The molecule has 0 fully saturated rings. The zero-order valence-corrected chi connectivity index (χ0v) is 16.3. The highest BCUT2D eigenvalue weighted by molar-refractivity contribution is 5.47. The van der Waals surface area contributed by atoms with Crippen LogP contribution in [0, 0.1) is 11.6 Å². The lowest BCUT2D eigenvalue weighted by Gasteiger charge is -2.21. The van der Waals surface area contributed by atoms with Gasteiger partial charge in [0.2, 0.25) is 5.82 Å². The highest BCUT2D eigenvalue weighted by Crippen LogP contribution is 2.27. The maximum absolute atomic E-state index is 13.4. The normalized spacial score (nSPS) is 12.3. The van der Waals surface area contributed by atoms with Gasteiger partial charge in [0, 0.05) is 6.20 Å². The van der Waals surface area contributed by atoms with E-state index in [1.807, 2.05) is 6.07 Å². The van der Waals surface area contributed by atoms with Gasteiger partial charge in [-0.25, -0.2) is 13.5 Å². The van der Waals surface area contributed by atoms with Crippen LogP contribution in [0.15, 0.2) is 72.9 Å². The van der Waals surface area contributed by atoms with Gasteiger partial charge >= 0.3 is 0 Å². The zero-order chi connectivity index (χ0) is 21.6. The molecule has 0 spiro atoms. The van der Waals surface area contributed by atoms with Crippen molar-refractivity contribution in [2.24, 2.45) is 0 Å². The average Bonchev–Trinajstić information content (AvgIpc) is 3.25. The van der Waals surface area contributed by atoms with E-state index < -0.39 is 12.2 Å². The number of hydrogen-bond acceptors (Lipinski definition) is 6. The standard InChI is InChI=1S/C22H19F2N5O2/c23-17-8-4-15(5-9-17)21(16-6-10-18(24)11-7-16)31-14-19(30)13-29-22(26-27-28-29)20-3-1-2-12-25-20/h1-12,19,21,30H,13-14H2. The fourth-order valence-corrected chi connectivity index (χ4v) is 3.13. The van der Waals surface area contributed by atoms with Gasteiger partial charge in [0.15, 0.2) is 0 Å². The number of ether oxygens (including phenoxy) is 1. The number of pyridine rings is 1. The second-order valence-electron chi connectivity index (χ2n) is 6.87. The highest BCUT2D eigenvalue weighted by atomic mass is 19.1. The van der Waals surface area contributed by atoms with Crippen LogP contribution in [0.1, 0.15) is 17.2 Å². The Morgan fingerprint density at radius 3 is 2.13 bits per heavy atom. The van der Waals surface area contributed by atoms with Crippen LogP contribution in [0.2, 0.25) is 0 Å². The molecule has 0 aliphatic rings. The van der Waals surface area contributed by atoms with Crippen LogP contribution in [-0.4, -0.2) is 43.0 Å². The topological polar surface area (TPSA) is 86.0 Å². The third-order valence-corrected chi connectivity index (χ3v) is 4.61. The van der Waals surface area contributed by atoms with Crippen molar-refractivity contribution in [3.8, 4) is 11.5 Å². The Bertz CT molecular complexity index is 1060. The van der Waals surface area contributed by atoms with Gasteiger partial charge in [-0.15, -0.1) is 5.10 Å². The first-order chi connectivity index (χ1) is 15.1. The van der Waals surface area contributed by atoms with Crippen LogP contribution < -0.4 is 0 Å². The summed E-state index contributed by atoms with van der Waals surface area (Å²) in [6, 6.07) is 17.0. The van der Waals surface area contributed by atoms with E-state index in [1.165, 1.54) is 28.9 Å². The van der Waals surface area contributed by atoms with E-state index in [-0.39, 0.29) is 24.8 Å². The molecule has 9 heteroatoms. The highest BCUT2D eigenvalue weighted by Gasteiger charge is 2.19. The van der Waals surface area contributed by atoms with E-state index in [9.17, 15) is 13.9 Å². The molecule has 7 nitrogen and oxygen atoms in total. The summed E-state index contributed by atoms with van der Waals surface area (Å²) in [4.78, 5) is 4.22. The quantitative estimate of drug-likeness (QED) is 0.469. The minimum absolute atomic E-state index is 0.0546. The lowest BCUT2D eigenvalue weighted by atomic mass is 10.0. The first-order valence-electron chi connectivity index (χ1n) is 9.58. The summed E-state index contributed by atoms with van der Waals surface area (Å²) in [5.74, 6) is -0.321. The molecule has 0 amide bonds. The molecule has 31 heavy (non-hydrogen) atoms. The summed E-state index contributed by atoms with van der Waals surface area (Å²) in [5.41, 5.74) is 1.93. The summed E-state index contributed by atoms with van der Waals surface area (Å²) in [6.45, 7) is 0.0272. The molecule has 2 aromatic carbocycles. The minimum atomic E-state index is -0.936. The first-order valence-corrected chi connectivity index (χ1v) is 9.58. The third-order valence-electron chi connectivity index (χ3n) is 4.61. The van der Waals surface area contributed by atoms with Crippen molar-refractivity contribution in [3.05, 3.63) is 95.7 Å². The van der Waals surface area contributed by atoms with Crippen LogP contribution >= 0.6 is 0 Å². The smallest absolute Gasteiger partial charge is 0.200 e. The molecular formula is C22H19F2N5O2. The minimum Gasteiger partial charge on any atom is -0.389 e. The van der Waals surface area contributed by atoms with Gasteiger partial charge in [-0.3, -0.25) is 4.98 Å². The molecule has 1 N–H and O–H groups in total. The molecule has 0 aliphatic carbocycles. The van der Waals surface area contributed by atoms with E-state index in [4.69, 9.17) is 4.74 Å². The number of tetrazole rings is 1. The molecule has 0 saturated heterocycles. The Balaban J connectivity index is 1.48. The SMILES string of the molecule is OC(COC(c1ccc(F)cc1)c1ccc(F)cc1)Cn1nnnc1-c1ccccn1. The van der Waals surface area contributed by atoms with E-state index in [1.54, 1.807) is 42.6 Å². The first kappa shape index (κ1) is 20.7. The molecule has 0 saturated carbocycles. The fourth-order valence-electron chi connectivity index (χ4n) is 3.13. The Kier molecular flexibility index (Phi) is 6.34. The monoisotopic (exact) mass is 423 g/mol. The summed E-state index contributed by atoms with van der Waals surface area (Å²) >= 11 is 0. The fraction of sp³-hybridized carbons (Fsp3) is 0.182. The van der Waals surface area contributed by atoms with Crippen LogP contribution in [0.25, 0.3) is 11.5 Å². The van der Waals surface area contributed by atoms with Crippen LogP contribution in [0.5, 0.6) is 0 Å². The second kappa shape index (κ2) is 9.50. The van der Waals surface area contributed by atoms with Gasteiger partial charge in [0.1, 0.15) is 23.4 Å². The second-order valence-corrected chi connectivity index (χ2v) is 6.87. The zero-order valence-electron chi connectivity index (χ0n) is 16.3. The molecule has 1 unspecified atom stereocenters. The maximum atomic E-state index is 13.4. The Hall–Kier alpha value is -3.56. The summed E-state index contributed by atoms with van der Waals surface area (Å²) < 4.78 is 34.1. The molecule has 4 rings (SSSR count). The van der Waals surface area contributed by atoms with Crippen LogP contribution in [0.4, 0.5) is 8.78 Å². The van der Waals surface area contributed by atoms with Gasteiger partial charge in [-0.05, 0) is 58.0 Å². The molecule has 158 valence electrons. The van der Waals surface area contributed by atoms with E-state index in [0.717, 1.165) is 0 Å². The number of aliphatic hydroxyl groups excluding tert-OH is 1. The van der Waals surface area contributed by atoms with E-state index in [2.05, 4.69) is 20.5 Å². The van der Waals surface area contributed by atoms with Gasteiger partial charge in [-0.2, -0.15) is 0 Å². The predicted molar refractivity (Wildman–Crippen MR) is 108 cm³/mol. The number of aliphatic hydroxyl groups is 1. The van der Waals surface area contributed by atoms with Crippen molar-refractivity contribution in [1.29, 1.82) is 0 Å². The number of hydrogen-bond donors (Lipinski definition) is 1. The number of rotatable bonds is 8. The largest absolute Gasteiger partial charge is 0.389 e. The van der Waals surface area contributed by atoms with Gasteiger partial charge in [0.25, 0.3) is 0 Å². The molecule has 2 aromatic heterocycles. The van der Waals surface area contributed by atoms with E-state index >= 15 is 0 Å². The number of aromatic nitrogens is 5. The molecule has 4 aromatic rings. The maximum Gasteiger partial charge on any atom is 0.200 e. The lowest BCUT2D eigenvalue weighted by Crippen LogP contribution is -2.25. The number of halogens is 2. The van der Waals surface area contributed by atoms with Gasteiger partial charge in [0.05, 0.1) is 19.3 Å². The summed E-state index contributed by atoms with van der Waals surface area (Å²) in [6.07, 6.45) is 0.0819. The van der Waals surface area contributed by atoms with Crippen molar-refractivity contribution in [2.75, 3.05) is 6.61 Å². The summed E-state index contributed by atoms with van der Waals surface area (Å²) in [5, 5.41) is 22.1. The molecule has 2 heterocycles. The van der Waals surface area contributed by atoms with Crippen LogP contribution in [0.3, 0.4) is 0 Å². The average molecular weight is 423 g/mol. The molecule has 0 bridgehead atoms. The predicted octanol–water partition coefficient (Wildman–Crippen LogP) is 3.18. The summed E-state index contributed by atoms with van der Waals surface area (Å²) in [7, 11) is 0. The Labute approximate surface area is 177 Å². The Morgan fingerprint density at radius 1 is 0.903 bits per heavy atom. The molecule has 0 aliphatic heterocycles. The van der Waals surface area contributed by atoms with Gasteiger partial charge in [-0.1, -0.05) is 30.3 Å². The van der Waals surface area contributed by atoms with E-state index in [0.29, 0.717) is 22.6 Å². The molecule has 0 radical (unpaired) electrons. The lowest BCUT2D eigenvalue weighted by molar-refractivity contribution is -0.00195. The Morgan fingerprint density at radius 2 is 1.55 bits per heavy atom. The van der Waals surface area contributed by atoms with Crippen molar-refractivity contribution >= 4 is 0 Å². The third kappa shape index (κ3) is 5.14. The molecular weight excluding hydrogens is 404 g/mol. The van der Waals surface area contributed by atoms with Gasteiger partial charge < -0.3 is 9.84 Å². The van der Waals surface area contributed by atoms with Crippen molar-refractivity contribution in [2.45, 2.75) is 18.8 Å². The van der Waals surface area contributed by atoms with Crippen molar-refractivity contribution in [3.63, 3.8) is 0 Å². The molecule has 1 atom stereocenters. The van der Waals surface area contributed by atoms with Crippen LogP contribution in [-0.2, 0) is 11.3 Å². The number of nitrogens with zero attached hydrogens (tertiary/aromatic N) is 5. The van der Waals surface area contributed by atoms with Crippen molar-refractivity contribution in [1.82, 2.24) is 25.2 Å².